The van der Waals surface area contributed by atoms with E-state index in [-0.39, 0.29) is 11.8 Å². The van der Waals surface area contributed by atoms with Gasteiger partial charge >= 0.3 is 6.03 Å². The number of urea groups is 1. The van der Waals surface area contributed by atoms with E-state index in [1.165, 1.54) is 17.7 Å². The minimum Gasteiger partial charge on any atom is -0.492 e. The summed E-state index contributed by atoms with van der Waals surface area (Å²) in [5, 5.41) is 5.44. The molecule has 2 aromatic carbocycles. The number of benzene rings is 2. The lowest BCUT2D eigenvalue weighted by Crippen LogP contribution is -2.38. The Hall–Kier alpha value is -2.56. The van der Waals surface area contributed by atoms with Gasteiger partial charge < -0.3 is 15.4 Å². The van der Waals surface area contributed by atoms with Gasteiger partial charge in [-0.05, 0) is 43.2 Å². The number of ether oxygens (including phenoxy) is 1. The van der Waals surface area contributed by atoms with Crippen LogP contribution >= 0.6 is 0 Å². The third-order valence-corrected chi connectivity index (χ3v) is 3.27. The molecule has 0 aliphatic heterocycles. The Morgan fingerprint density at radius 3 is 2.57 bits per heavy atom. The second kappa shape index (κ2) is 8.78. The zero-order valence-corrected chi connectivity index (χ0v) is 13.1. The van der Waals surface area contributed by atoms with Crippen molar-refractivity contribution >= 4 is 6.03 Å². The number of carbonyl (C=O) groups is 1. The van der Waals surface area contributed by atoms with Gasteiger partial charge in [-0.3, -0.25) is 0 Å². The van der Waals surface area contributed by atoms with Crippen molar-refractivity contribution in [2.45, 2.75) is 13.3 Å². The first-order valence-corrected chi connectivity index (χ1v) is 7.59. The molecule has 0 bridgehead atoms. The Morgan fingerprint density at radius 1 is 1.09 bits per heavy atom. The summed E-state index contributed by atoms with van der Waals surface area (Å²) in [7, 11) is 0. The molecule has 23 heavy (non-hydrogen) atoms. The van der Waals surface area contributed by atoms with E-state index < -0.39 is 0 Å². The van der Waals surface area contributed by atoms with Crippen molar-refractivity contribution in [1.29, 1.82) is 0 Å². The molecule has 0 aromatic heterocycles. The smallest absolute Gasteiger partial charge is 0.314 e. The van der Waals surface area contributed by atoms with Gasteiger partial charge in [0.15, 0.2) is 0 Å². The molecular weight excluding hydrogens is 295 g/mol. The van der Waals surface area contributed by atoms with Crippen molar-refractivity contribution in [2.75, 3.05) is 19.7 Å². The third kappa shape index (κ3) is 6.38. The molecule has 4 nitrogen and oxygen atoms in total. The van der Waals surface area contributed by atoms with Crippen LogP contribution in [0.15, 0.2) is 48.5 Å². The monoisotopic (exact) mass is 316 g/mol. The number of amides is 2. The van der Waals surface area contributed by atoms with Gasteiger partial charge in [0.2, 0.25) is 0 Å². The van der Waals surface area contributed by atoms with Crippen LogP contribution in [0.2, 0.25) is 0 Å². The van der Waals surface area contributed by atoms with Crippen molar-refractivity contribution in [3.8, 4) is 5.75 Å². The van der Waals surface area contributed by atoms with Crippen molar-refractivity contribution in [1.82, 2.24) is 10.6 Å². The molecule has 0 atom stereocenters. The van der Waals surface area contributed by atoms with Crippen LogP contribution in [-0.4, -0.2) is 25.7 Å². The van der Waals surface area contributed by atoms with Crippen LogP contribution in [0.25, 0.3) is 0 Å². The first-order chi connectivity index (χ1) is 11.1. The Kier molecular flexibility index (Phi) is 6.41. The van der Waals surface area contributed by atoms with Crippen LogP contribution in [0, 0.1) is 12.7 Å². The van der Waals surface area contributed by atoms with Gasteiger partial charge in [0.1, 0.15) is 18.2 Å². The molecule has 0 saturated carbocycles. The number of carbonyl (C=O) groups excluding carboxylic acids is 1. The molecule has 5 heteroatoms. The lowest BCUT2D eigenvalue weighted by molar-refractivity contribution is 0.236. The van der Waals surface area contributed by atoms with Gasteiger partial charge in [-0.2, -0.15) is 0 Å². The number of nitrogens with one attached hydrogen (secondary N) is 2. The molecule has 0 saturated heterocycles. The Labute approximate surface area is 135 Å². The molecule has 0 radical (unpaired) electrons. The number of halogens is 1. The maximum atomic E-state index is 13.0. The van der Waals surface area contributed by atoms with E-state index in [0.29, 0.717) is 26.1 Å². The maximum Gasteiger partial charge on any atom is 0.314 e. The number of rotatable bonds is 7. The maximum absolute atomic E-state index is 13.0. The molecule has 122 valence electrons. The van der Waals surface area contributed by atoms with Crippen LogP contribution < -0.4 is 15.4 Å². The summed E-state index contributed by atoms with van der Waals surface area (Å²) in [6, 6.07) is 13.8. The van der Waals surface area contributed by atoms with Crippen LogP contribution in [-0.2, 0) is 6.42 Å². The largest absolute Gasteiger partial charge is 0.492 e. The summed E-state index contributed by atoms with van der Waals surface area (Å²) in [5.41, 5.74) is 2.03. The molecule has 2 amide bonds. The SMILES string of the molecule is Cc1ccc(OCCNC(=O)NCCc2cccc(F)c2)cc1. The summed E-state index contributed by atoms with van der Waals surface area (Å²) in [6.07, 6.45) is 0.588. The van der Waals surface area contributed by atoms with Gasteiger partial charge in [0.05, 0.1) is 6.54 Å². The first-order valence-electron chi connectivity index (χ1n) is 7.59. The average molecular weight is 316 g/mol. The van der Waals surface area contributed by atoms with E-state index in [1.807, 2.05) is 37.3 Å². The molecule has 2 rings (SSSR count). The summed E-state index contributed by atoms with van der Waals surface area (Å²) in [5.74, 6) is 0.518. The van der Waals surface area contributed by atoms with E-state index >= 15 is 0 Å². The van der Waals surface area contributed by atoms with Crippen LogP contribution in [0.5, 0.6) is 5.75 Å². The normalized spacial score (nSPS) is 10.2. The minimum atomic E-state index is -0.264. The highest BCUT2D eigenvalue weighted by molar-refractivity contribution is 5.73. The Balaban J connectivity index is 1.57. The standard InChI is InChI=1S/C18H21FN2O2/c1-14-5-7-17(8-6-14)23-12-11-21-18(22)20-10-9-15-3-2-4-16(19)13-15/h2-8,13H,9-12H2,1H3,(H2,20,21,22). The highest BCUT2D eigenvalue weighted by Gasteiger charge is 2.01. The number of aryl methyl sites for hydroxylation is 1. The van der Waals surface area contributed by atoms with Gasteiger partial charge in [-0.15, -0.1) is 0 Å². The zero-order chi connectivity index (χ0) is 16.5. The number of hydrogen-bond donors (Lipinski definition) is 2. The molecule has 0 aliphatic carbocycles. The minimum absolute atomic E-state index is 0.256. The fraction of sp³-hybridized carbons (Fsp3) is 0.278. The molecule has 0 aliphatic rings. The number of hydrogen-bond acceptors (Lipinski definition) is 2. The second-order valence-corrected chi connectivity index (χ2v) is 5.22. The Bertz CT molecular complexity index is 629. The van der Waals surface area contributed by atoms with E-state index in [0.717, 1.165) is 11.3 Å². The molecule has 0 spiro atoms. The summed E-state index contributed by atoms with van der Waals surface area (Å²) < 4.78 is 18.5. The predicted octanol–water partition coefficient (Wildman–Crippen LogP) is 3.05. The van der Waals surface area contributed by atoms with E-state index in [4.69, 9.17) is 4.74 Å². The highest BCUT2D eigenvalue weighted by Crippen LogP contribution is 2.10. The fourth-order valence-electron chi connectivity index (χ4n) is 2.04. The Morgan fingerprint density at radius 2 is 1.83 bits per heavy atom. The van der Waals surface area contributed by atoms with Crippen molar-refractivity contribution in [3.63, 3.8) is 0 Å². The van der Waals surface area contributed by atoms with Crippen molar-refractivity contribution < 1.29 is 13.9 Å². The van der Waals surface area contributed by atoms with E-state index in [1.54, 1.807) is 6.07 Å². The lowest BCUT2D eigenvalue weighted by Gasteiger charge is -2.09. The quantitative estimate of drug-likeness (QED) is 0.771. The summed E-state index contributed by atoms with van der Waals surface area (Å²) >= 11 is 0. The summed E-state index contributed by atoms with van der Waals surface area (Å²) in [6.45, 7) is 3.29. The van der Waals surface area contributed by atoms with Gasteiger partial charge in [0.25, 0.3) is 0 Å². The van der Waals surface area contributed by atoms with Crippen molar-refractivity contribution in [3.05, 3.63) is 65.5 Å². The van der Waals surface area contributed by atoms with E-state index in [2.05, 4.69) is 10.6 Å². The van der Waals surface area contributed by atoms with Gasteiger partial charge in [-0.1, -0.05) is 29.8 Å². The fourth-order valence-corrected chi connectivity index (χ4v) is 2.04. The molecular formula is C18H21FN2O2. The topological polar surface area (TPSA) is 50.4 Å². The molecule has 2 N–H and O–H groups in total. The molecule has 0 unspecified atom stereocenters. The second-order valence-electron chi connectivity index (χ2n) is 5.22. The lowest BCUT2D eigenvalue weighted by atomic mass is 10.1. The average Bonchev–Trinajstić information content (AvgIpc) is 2.53. The first kappa shape index (κ1) is 16.8. The van der Waals surface area contributed by atoms with Gasteiger partial charge in [0, 0.05) is 6.54 Å². The van der Waals surface area contributed by atoms with Crippen molar-refractivity contribution in [2.24, 2.45) is 0 Å². The van der Waals surface area contributed by atoms with Crippen LogP contribution in [0.3, 0.4) is 0 Å². The van der Waals surface area contributed by atoms with Crippen LogP contribution in [0.4, 0.5) is 9.18 Å². The van der Waals surface area contributed by atoms with Gasteiger partial charge in [-0.25, -0.2) is 9.18 Å². The van der Waals surface area contributed by atoms with Crippen LogP contribution in [0.1, 0.15) is 11.1 Å². The zero-order valence-electron chi connectivity index (χ0n) is 13.1. The predicted molar refractivity (Wildman–Crippen MR) is 88.2 cm³/mol. The third-order valence-electron chi connectivity index (χ3n) is 3.27. The molecule has 0 fully saturated rings. The summed E-state index contributed by atoms with van der Waals surface area (Å²) in [4.78, 5) is 11.6. The highest BCUT2D eigenvalue weighted by atomic mass is 19.1. The van der Waals surface area contributed by atoms with E-state index in [9.17, 15) is 9.18 Å². The molecule has 0 heterocycles. The molecule has 2 aromatic rings.